The minimum absolute atomic E-state index is 0.0349. The molecule has 0 saturated heterocycles. The molecule has 3 N–H and O–H groups in total. The lowest BCUT2D eigenvalue weighted by molar-refractivity contribution is -0.142. The third-order valence-electron chi connectivity index (χ3n) is 7.88. The maximum absolute atomic E-state index is 13.7. The van der Waals surface area contributed by atoms with Crippen molar-refractivity contribution in [1.29, 1.82) is 0 Å². The zero-order valence-corrected chi connectivity index (χ0v) is 25.3. The van der Waals surface area contributed by atoms with Gasteiger partial charge in [0.15, 0.2) is 0 Å². The van der Waals surface area contributed by atoms with Gasteiger partial charge in [-0.2, -0.15) is 0 Å². The Balaban J connectivity index is 1.34. The number of rotatable bonds is 13. The van der Waals surface area contributed by atoms with Crippen molar-refractivity contribution in [2.24, 2.45) is 5.92 Å². The number of carbonyl (C=O) groups is 2. The molecule has 0 aromatic heterocycles. The molecule has 1 amide bonds. The molecule has 0 aliphatic carbocycles. The Morgan fingerprint density at radius 1 is 0.659 bits per heavy atom. The fourth-order valence-electron chi connectivity index (χ4n) is 5.46. The molecule has 3 unspecified atom stereocenters. The smallest absolute Gasteiger partial charge is 0.326 e. The largest absolute Gasteiger partial charge is 0.480 e. The van der Waals surface area contributed by atoms with E-state index < -0.39 is 31.2 Å². The first-order chi connectivity index (χ1) is 21.3. The zero-order valence-electron chi connectivity index (χ0n) is 24.4. The van der Waals surface area contributed by atoms with Gasteiger partial charge in [0, 0.05) is 18.7 Å². The molecule has 5 rings (SSSR count). The Hall–Kier alpha value is -4.51. The molecule has 0 saturated carbocycles. The van der Waals surface area contributed by atoms with E-state index in [0.29, 0.717) is 6.42 Å². The van der Waals surface area contributed by atoms with Crippen LogP contribution < -0.4 is 5.32 Å². The zero-order chi connectivity index (χ0) is 30.9. The second-order valence-corrected chi connectivity index (χ2v) is 13.7. The van der Waals surface area contributed by atoms with Crippen molar-refractivity contribution in [1.82, 2.24) is 5.32 Å². The molecule has 3 atom stereocenters. The average Bonchev–Trinajstić information content (AvgIpc) is 3.04. The Bertz CT molecular complexity index is 1760. The molecule has 0 aliphatic rings. The minimum atomic E-state index is -3.73. The number of fused-ring (bicyclic) bond motifs is 1. The third kappa shape index (κ3) is 8.53. The predicted molar refractivity (Wildman–Crippen MR) is 176 cm³/mol. The van der Waals surface area contributed by atoms with Crippen LogP contribution >= 0.6 is 7.37 Å². The molecule has 44 heavy (non-hydrogen) atoms. The molecular formula is C37H36NO5P. The molecular weight excluding hydrogens is 569 g/mol. The number of aryl methyl sites for hydroxylation is 1. The number of amides is 1. The van der Waals surface area contributed by atoms with Gasteiger partial charge in [0.2, 0.25) is 13.3 Å². The van der Waals surface area contributed by atoms with Gasteiger partial charge < -0.3 is 15.3 Å². The van der Waals surface area contributed by atoms with Crippen LogP contribution in [0.25, 0.3) is 21.9 Å². The van der Waals surface area contributed by atoms with Crippen molar-refractivity contribution in [3.63, 3.8) is 0 Å². The van der Waals surface area contributed by atoms with Crippen LogP contribution in [-0.4, -0.2) is 40.2 Å². The van der Waals surface area contributed by atoms with E-state index in [1.165, 1.54) is 0 Å². The third-order valence-corrected chi connectivity index (χ3v) is 9.81. The number of carboxylic acids is 1. The Labute approximate surface area is 257 Å². The molecule has 0 radical (unpaired) electrons. The van der Waals surface area contributed by atoms with E-state index >= 15 is 0 Å². The number of nitrogens with one attached hydrogen (secondary N) is 1. The molecule has 0 heterocycles. The number of hydrogen-bond donors (Lipinski definition) is 3. The fraction of sp³-hybridized carbons (Fsp3) is 0.189. The topological polar surface area (TPSA) is 104 Å². The molecule has 0 fully saturated rings. The normalized spacial score (nSPS) is 13.9. The molecule has 0 aliphatic heterocycles. The number of benzene rings is 5. The van der Waals surface area contributed by atoms with Gasteiger partial charge in [-0.1, -0.05) is 127 Å². The van der Waals surface area contributed by atoms with Crippen molar-refractivity contribution in [3.8, 4) is 11.1 Å². The Kier molecular flexibility index (Phi) is 10.1. The van der Waals surface area contributed by atoms with Crippen LogP contribution in [-0.2, 0) is 33.4 Å². The van der Waals surface area contributed by atoms with E-state index in [2.05, 4.69) is 5.32 Å². The van der Waals surface area contributed by atoms with Crippen LogP contribution in [0.5, 0.6) is 0 Å². The highest BCUT2D eigenvalue weighted by Crippen LogP contribution is 2.44. The van der Waals surface area contributed by atoms with Crippen molar-refractivity contribution >= 4 is 30.0 Å². The SMILES string of the molecule is O=C(NC(Cc1ccc2ccccc2c1)C(=O)O)C(Cc1ccc(-c2ccccc2)cc1)CP(=O)(O)CCc1ccccc1. The minimum Gasteiger partial charge on any atom is -0.480 e. The first kappa shape index (κ1) is 30.9. The molecule has 7 heteroatoms. The fourth-order valence-corrected chi connectivity index (χ4v) is 7.24. The Morgan fingerprint density at radius 3 is 1.93 bits per heavy atom. The van der Waals surface area contributed by atoms with Gasteiger partial charge in [0.05, 0.1) is 5.92 Å². The van der Waals surface area contributed by atoms with E-state index in [4.69, 9.17) is 0 Å². The molecule has 5 aromatic carbocycles. The van der Waals surface area contributed by atoms with Crippen LogP contribution in [0.4, 0.5) is 0 Å². The van der Waals surface area contributed by atoms with Crippen LogP contribution in [0.2, 0.25) is 0 Å². The first-order valence-electron chi connectivity index (χ1n) is 14.8. The Morgan fingerprint density at radius 2 is 1.25 bits per heavy atom. The van der Waals surface area contributed by atoms with Crippen molar-refractivity contribution in [3.05, 3.63) is 144 Å². The lowest BCUT2D eigenvalue weighted by Gasteiger charge is -2.23. The van der Waals surface area contributed by atoms with Gasteiger partial charge in [-0.3, -0.25) is 9.36 Å². The number of carbonyl (C=O) groups excluding carboxylic acids is 1. The van der Waals surface area contributed by atoms with Gasteiger partial charge in [0.1, 0.15) is 6.04 Å². The maximum Gasteiger partial charge on any atom is 0.326 e. The van der Waals surface area contributed by atoms with E-state index in [9.17, 15) is 24.2 Å². The molecule has 0 bridgehead atoms. The van der Waals surface area contributed by atoms with E-state index in [0.717, 1.165) is 38.6 Å². The summed E-state index contributed by atoms with van der Waals surface area (Å²) in [6.45, 7) is 0. The second-order valence-electron chi connectivity index (χ2n) is 11.2. The maximum atomic E-state index is 13.7. The highest BCUT2D eigenvalue weighted by molar-refractivity contribution is 7.58. The molecule has 224 valence electrons. The van der Waals surface area contributed by atoms with Crippen molar-refractivity contribution < 1.29 is 24.2 Å². The number of aliphatic carboxylic acids is 1. The average molecular weight is 606 g/mol. The van der Waals surface area contributed by atoms with Crippen LogP contribution in [0.15, 0.2) is 127 Å². The second kappa shape index (κ2) is 14.3. The van der Waals surface area contributed by atoms with E-state index in [1.54, 1.807) is 0 Å². The summed E-state index contributed by atoms with van der Waals surface area (Å²) in [5, 5.41) is 14.8. The van der Waals surface area contributed by atoms with Crippen molar-refractivity contribution in [2.75, 3.05) is 12.3 Å². The highest BCUT2D eigenvalue weighted by atomic mass is 31.2. The van der Waals surface area contributed by atoms with E-state index in [1.807, 2.05) is 127 Å². The summed E-state index contributed by atoms with van der Waals surface area (Å²) < 4.78 is 13.4. The lowest BCUT2D eigenvalue weighted by Crippen LogP contribution is -2.46. The van der Waals surface area contributed by atoms with Gasteiger partial charge in [-0.15, -0.1) is 0 Å². The lowest BCUT2D eigenvalue weighted by atomic mass is 9.96. The van der Waals surface area contributed by atoms with Gasteiger partial charge in [0.25, 0.3) is 0 Å². The van der Waals surface area contributed by atoms with Crippen molar-refractivity contribution in [2.45, 2.75) is 25.3 Å². The first-order valence-corrected chi connectivity index (χ1v) is 16.8. The monoisotopic (exact) mass is 605 g/mol. The number of carboxylic acid groups (broad SMARTS) is 1. The molecule has 6 nitrogen and oxygen atoms in total. The van der Waals surface area contributed by atoms with Crippen LogP contribution in [0.1, 0.15) is 16.7 Å². The summed E-state index contributed by atoms with van der Waals surface area (Å²) in [4.78, 5) is 37.0. The summed E-state index contributed by atoms with van der Waals surface area (Å²) in [6, 6.07) is 39.5. The van der Waals surface area contributed by atoms with Gasteiger partial charge >= 0.3 is 5.97 Å². The summed E-state index contributed by atoms with van der Waals surface area (Å²) in [7, 11) is -3.73. The van der Waals surface area contributed by atoms with Gasteiger partial charge in [-0.25, -0.2) is 4.79 Å². The molecule has 0 spiro atoms. The van der Waals surface area contributed by atoms with Crippen LogP contribution in [0.3, 0.4) is 0 Å². The van der Waals surface area contributed by atoms with Gasteiger partial charge in [-0.05, 0) is 51.4 Å². The summed E-state index contributed by atoms with van der Waals surface area (Å²) in [6.07, 6.45) is 0.504. The quantitative estimate of drug-likeness (QED) is 0.126. The van der Waals surface area contributed by atoms with Crippen LogP contribution in [0, 0.1) is 5.92 Å². The summed E-state index contributed by atoms with van der Waals surface area (Å²) >= 11 is 0. The van der Waals surface area contributed by atoms with E-state index in [-0.39, 0.29) is 25.2 Å². The standard InChI is InChI=1S/C37H36NO5P/c39-36(38-35(37(40)41)25-29-17-20-31-13-7-8-14-33(31)24-29)34(26-44(42,43)22-21-27-9-3-1-4-10-27)23-28-15-18-32(19-16-28)30-11-5-2-6-12-30/h1-20,24,34-35H,21-23,25-26H2,(H,38,39)(H,40,41)(H,42,43). The summed E-state index contributed by atoms with van der Waals surface area (Å²) in [5.74, 6) is -2.59. The summed E-state index contributed by atoms with van der Waals surface area (Å²) in [5.41, 5.74) is 4.63. The number of hydrogen-bond acceptors (Lipinski definition) is 3. The predicted octanol–water partition coefficient (Wildman–Crippen LogP) is 6.99. The highest BCUT2D eigenvalue weighted by Gasteiger charge is 2.32. The molecule has 5 aromatic rings.